The van der Waals surface area contributed by atoms with E-state index in [-0.39, 0.29) is 16.8 Å². The molecule has 0 radical (unpaired) electrons. The van der Waals surface area contributed by atoms with Crippen LogP contribution in [0.4, 0.5) is 5.13 Å². The van der Waals surface area contributed by atoms with Crippen LogP contribution in [0.2, 0.25) is 0 Å². The second kappa shape index (κ2) is 7.89. The first kappa shape index (κ1) is 21.0. The Morgan fingerprint density at radius 3 is 2.36 bits per heavy atom. The number of hydrogen-bond donors (Lipinski definition) is 0. The van der Waals surface area contributed by atoms with E-state index in [0.29, 0.717) is 38.9 Å². The maximum absolute atomic E-state index is 13.7. The number of rotatable bonds is 5. The van der Waals surface area contributed by atoms with E-state index in [9.17, 15) is 9.59 Å². The fraction of sp³-hybridized carbons (Fsp3) is 0.217. The number of hydrogen-bond acceptors (Lipinski definition) is 9. The molecule has 2 aromatic heterocycles. The van der Waals surface area contributed by atoms with Crippen molar-refractivity contribution in [1.29, 1.82) is 0 Å². The number of carbonyl (C=O) groups is 1. The van der Waals surface area contributed by atoms with Crippen LogP contribution >= 0.6 is 11.3 Å². The highest BCUT2D eigenvalue weighted by molar-refractivity contribution is 7.13. The molecule has 2 aromatic carbocycles. The van der Waals surface area contributed by atoms with Crippen molar-refractivity contribution in [1.82, 2.24) is 10.2 Å². The van der Waals surface area contributed by atoms with Gasteiger partial charge in [-0.3, -0.25) is 14.5 Å². The molecule has 9 nitrogen and oxygen atoms in total. The van der Waals surface area contributed by atoms with Crippen molar-refractivity contribution in [3.8, 4) is 17.2 Å². The molecule has 5 rings (SSSR count). The summed E-state index contributed by atoms with van der Waals surface area (Å²) in [6.07, 6.45) is 0. The van der Waals surface area contributed by atoms with Crippen LogP contribution in [0.15, 0.2) is 45.1 Å². The van der Waals surface area contributed by atoms with Gasteiger partial charge in [-0.25, -0.2) is 0 Å². The number of aryl methyl sites for hydroxylation is 1. The van der Waals surface area contributed by atoms with Crippen LogP contribution < -0.4 is 24.5 Å². The van der Waals surface area contributed by atoms with Gasteiger partial charge in [0.15, 0.2) is 16.9 Å². The summed E-state index contributed by atoms with van der Waals surface area (Å²) in [6.45, 7) is 1.89. The van der Waals surface area contributed by atoms with Gasteiger partial charge >= 0.3 is 0 Å². The van der Waals surface area contributed by atoms with E-state index >= 15 is 0 Å². The van der Waals surface area contributed by atoms with E-state index in [1.165, 1.54) is 43.1 Å². The van der Waals surface area contributed by atoms with Crippen molar-refractivity contribution in [3.63, 3.8) is 0 Å². The zero-order valence-corrected chi connectivity index (χ0v) is 19.1. The lowest BCUT2D eigenvalue weighted by molar-refractivity contribution is 0.0970. The van der Waals surface area contributed by atoms with Crippen molar-refractivity contribution >= 4 is 33.3 Å². The molecule has 1 aliphatic heterocycles. The molecule has 0 spiro atoms. The number of ether oxygens (including phenoxy) is 3. The molecule has 0 N–H and O–H groups in total. The van der Waals surface area contributed by atoms with Crippen LogP contribution in [0, 0.1) is 6.92 Å². The predicted molar refractivity (Wildman–Crippen MR) is 122 cm³/mol. The van der Waals surface area contributed by atoms with E-state index in [1.54, 1.807) is 24.3 Å². The minimum absolute atomic E-state index is 0.0229. The summed E-state index contributed by atoms with van der Waals surface area (Å²) >= 11 is 1.19. The van der Waals surface area contributed by atoms with E-state index in [4.69, 9.17) is 18.6 Å². The average molecular weight is 465 g/mol. The first-order valence-corrected chi connectivity index (χ1v) is 10.8. The fourth-order valence-corrected chi connectivity index (χ4v) is 4.72. The van der Waals surface area contributed by atoms with E-state index < -0.39 is 11.9 Å². The fourth-order valence-electron chi connectivity index (χ4n) is 4.13. The van der Waals surface area contributed by atoms with E-state index in [1.807, 2.05) is 13.0 Å². The predicted octanol–water partition coefficient (Wildman–Crippen LogP) is 3.73. The van der Waals surface area contributed by atoms with Gasteiger partial charge in [0.25, 0.3) is 5.91 Å². The van der Waals surface area contributed by atoms with Crippen LogP contribution in [0.5, 0.6) is 17.2 Å². The summed E-state index contributed by atoms with van der Waals surface area (Å²) in [5.41, 5.74) is 3.29. The second-order valence-electron chi connectivity index (χ2n) is 7.43. The molecule has 0 fully saturated rings. The van der Waals surface area contributed by atoms with Gasteiger partial charge in [0.2, 0.25) is 16.6 Å². The number of carbonyl (C=O) groups excluding carboxylic acids is 1. The number of aromatic nitrogens is 2. The lowest BCUT2D eigenvalue weighted by Gasteiger charge is -2.23. The van der Waals surface area contributed by atoms with Gasteiger partial charge in [-0.2, -0.15) is 0 Å². The third-order valence-corrected chi connectivity index (χ3v) is 6.27. The quantitative estimate of drug-likeness (QED) is 0.439. The molecule has 168 valence electrons. The monoisotopic (exact) mass is 465 g/mol. The van der Waals surface area contributed by atoms with Crippen molar-refractivity contribution in [2.24, 2.45) is 0 Å². The molecule has 1 aliphatic rings. The Bertz CT molecular complexity index is 1420. The molecular weight excluding hydrogens is 446 g/mol. The maximum Gasteiger partial charge on any atom is 0.297 e. The third kappa shape index (κ3) is 3.13. The average Bonchev–Trinajstić information content (AvgIpc) is 3.45. The Kier molecular flexibility index (Phi) is 5.01. The topological polar surface area (TPSA) is 104 Å². The smallest absolute Gasteiger partial charge is 0.297 e. The Balaban J connectivity index is 1.84. The molecule has 0 saturated carbocycles. The molecule has 0 saturated heterocycles. The van der Waals surface area contributed by atoms with Gasteiger partial charge in [0.05, 0.1) is 38.3 Å². The second-order valence-corrected chi connectivity index (χ2v) is 8.24. The van der Waals surface area contributed by atoms with E-state index in [2.05, 4.69) is 10.2 Å². The lowest BCUT2D eigenvalue weighted by atomic mass is 9.97. The number of benzene rings is 2. The highest BCUT2D eigenvalue weighted by Gasteiger charge is 2.45. The number of fused-ring (bicyclic) bond motifs is 2. The van der Waals surface area contributed by atoms with Crippen LogP contribution in [-0.4, -0.2) is 37.4 Å². The van der Waals surface area contributed by atoms with Crippen molar-refractivity contribution in [2.75, 3.05) is 26.2 Å². The lowest BCUT2D eigenvalue weighted by Crippen LogP contribution is -2.29. The van der Waals surface area contributed by atoms with Gasteiger partial charge in [0.1, 0.15) is 11.1 Å². The first-order valence-electron chi connectivity index (χ1n) is 9.95. The minimum atomic E-state index is -0.824. The van der Waals surface area contributed by atoms with Gasteiger partial charge in [0, 0.05) is 0 Å². The molecule has 3 heterocycles. The number of amides is 1. The Labute approximate surface area is 192 Å². The highest BCUT2D eigenvalue weighted by Crippen LogP contribution is 2.46. The SMILES string of the molecule is COc1cc(C2c3c(oc4ccc(C)cc4c3=O)C(=O)N2c2nncs2)cc(OC)c1OC. The zero-order valence-electron chi connectivity index (χ0n) is 18.2. The zero-order chi connectivity index (χ0) is 23.3. The van der Waals surface area contributed by atoms with Crippen LogP contribution in [-0.2, 0) is 0 Å². The molecule has 33 heavy (non-hydrogen) atoms. The van der Waals surface area contributed by atoms with Crippen LogP contribution in [0.3, 0.4) is 0 Å². The Morgan fingerprint density at radius 1 is 1.03 bits per heavy atom. The Hall–Kier alpha value is -3.92. The standard InChI is InChI=1S/C23H19N3O6S/c1-11-5-6-14-13(7-11)19(27)17-18(12-8-15(29-2)20(31-4)16(9-12)30-3)26(22(28)21(17)32-14)23-25-24-10-33-23/h5-10,18H,1-4H3. The summed E-state index contributed by atoms with van der Waals surface area (Å²) < 4.78 is 22.4. The molecular formula is C23H19N3O6S. The molecule has 1 amide bonds. The summed E-state index contributed by atoms with van der Waals surface area (Å²) in [5, 5.41) is 8.69. The van der Waals surface area contributed by atoms with Crippen molar-refractivity contribution < 1.29 is 23.4 Å². The minimum Gasteiger partial charge on any atom is -0.493 e. The van der Waals surface area contributed by atoms with Gasteiger partial charge in [-0.15, -0.1) is 10.2 Å². The normalized spacial score (nSPS) is 15.1. The molecule has 10 heteroatoms. The Morgan fingerprint density at radius 2 is 1.76 bits per heavy atom. The highest BCUT2D eigenvalue weighted by atomic mass is 32.1. The van der Waals surface area contributed by atoms with Crippen LogP contribution in [0.1, 0.15) is 33.3 Å². The maximum atomic E-state index is 13.7. The molecule has 4 aromatic rings. The first-order chi connectivity index (χ1) is 16.0. The summed E-state index contributed by atoms with van der Waals surface area (Å²) in [4.78, 5) is 28.6. The molecule has 1 atom stereocenters. The third-order valence-electron chi connectivity index (χ3n) is 5.58. The summed E-state index contributed by atoms with van der Waals surface area (Å²) in [5.74, 6) is 0.694. The molecule has 1 unspecified atom stereocenters. The summed E-state index contributed by atoms with van der Waals surface area (Å²) in [7, 11) is 4.51. The van der Waals surface area contributed by atoms with Gasteiger partial charge in [-0.05, 0) is 36.8 Å². The summed E-state index contributed by atoms with van der Waals surface area (Å²) in [6, 6.07) is 7.88. The number of anilines is 1. The van der Waals surface area contributed by atoms with E-state index in [0.717, 1.165) is 5.56 Å². The van der Waals surface area contributed by atoms with Crippen molar-refractivity contribution in [3.05, 3.63) is 68.5 Å². The largest absolute Gasteiger partial charge is 0.493 e. The van der Waals surface area contributed by atoms with Gasteiger partial charge < -0.3 is 18.6 Å². The van der Waals surface area contributed by atoms with Crippen LogP contribution in [0.25, 0.3) is 11.0 Å². The molecule has 0 bridgehead atoms. The number of methoxy groups -OCH3 is 3. The number of nitrogens with zero attached hydrogens (tertiary/aromatic N) is 3. The van der Waals surface area contributed by atoms with Crippen molar-refractivity contribution in [2.45, 2.75) is 13.0 Å². The van der Waals surface area contributed by atoms with Gasteiger partial charge in [-0.1, -0.05) is 23.0 Å². The molecule has 0 aliphatic carbocycles.